The molecular formula is C15H24N2O2. The van der Waals surface area contributed by atoms with Crippen LogP contribution in [0, 0.1) is 5.92 Å². The second-order valence-corrected chi connectivity index (χ2v) is 5.25. The van der Waals surface area contributed by atoms with E-state index in [2.05, 4.69) is 24.5 Å². The van der Waals surface area contributed by atoms with Gasteiger partial charge in [-0.05, 0) is 31.4 Å². The van der Waals surface area contributed by atoms with Crippen LogP contribution in [0.5, 0.6) is 0 Å². The minimum absolute atomic E-state index is 0.0428. The highest BCUT2D eigenvalue weighted by Gasteiger charge is 2.18. The molecule has 0 heterocycles. The molecule has 0 aliphatic heterocycles. The van der Waals surface area contributed by atoms with Crippen molar-refractivity contribution in [2.75, 3.05) is 11.9 Å². The number of hydrogen-bond donors (Lipinski definition) is 3. The summed E-state index contributed by atoms with van der Waals surface area (Å²) in [5, 5.41) is 15.3. The van der Waals surface area contributed by atoms with E-state index in [1.165, 1.54) is 0 Å². The second-order valence-electron chi connectivity index (χ2n) is 5.25. The van der Waals surface area contributed by atoms with Gasteiger partial charge in [0.25, 0.3) is 0 Å². The highest BCUT2D eigenvalue weighted by atomic mass is 16.3. The van der Waals surface area contributed by atoms with Crippen LogP contribution in [-0.4, -0.2) is 29.7 Å². The van der Waals surface area contributed by atoms with E-state index < -0.39 is 0 Å². The number of anilines is 1. The molecule has 2 unspecified atom stereocenters. The topological polar surface area (TPSA) is 61.4 Å². The van der Waals surface area contributed by atoms with Gasteiger partial charge in [-0.1, -0.05) is 32.0 Å². The van der Waals surface area contributed by atoms with E-state index in [1.807, 2.05) is 30.3 Å². The predicted octanol–water partition coefficient (Wildman–Crippen LogP) is 2.01. The Kier molecular flexibility index (Phi) is 6.53. The summed E-state index contributed by atoms with van der Waals surface area (Å²) in [7, 11) is 0. The third-order valence-corrected chi connectivity index (χ3v) is 2.90. The summed E-state index contributed by atoms with van der Waals surface area (Å²) in [5.74, 6) is 0.391. The van der Waals surface area contributed by atoms with Crippen molar-refractivity contribution in [1.82, 2.24) is 5.32 Å². The number of para-hydroxylation sites is 1. The Morgan fingerprint density at radius 1 is 1.21 bits per heavy atom. The van der Waals surface area contributed by atoms with E-state index in [1.54, 1.807) is 6.92 Å². The lowest BCUT2D eigenvalue weighted by Gasteiger charge is -2.22. The molecule has 0 aromatic heterocycles. The van der Waals surface area contributed by atoms with Gasteiger partial charge >= 0.3 is 0 Å². The van der Waals surface area contributed by atoms with E-state index in [9.17, 15) is 9.90 Å². The van der Waals surface area contributed by atoms with Gasteiger partial charge in [-0.25, -0.2) is 0 Å². The number of amides is 1. The fourth-order valence-corrected chi connectivity index (χ4v) is 1.97. The molecule has 0 radical (unpaired) electrons. The summed E-state index contributed by atoms with van der Waals surface area (Å²) in [4.78, 5) is 12.0. The molecule has 4 nitrogen and oxygen atoms in total. The lowest BCUT2D eigenvalue weighted by molar-refractivity contribution is -0.118. The average molecular weight is 264 g/mol. The van der Waals surface area contributed by atoms with Crippen molar-refractivity contribution >= 4 is 11.6 Å². The van der Waals surface area contributed by atoms with Crippen molar-refractivity contribution in [2.24, 2.45) is 5.92 Å². The Labute approximate surface area is 115 Å². The molecule has 1 aromatic carbocycles. The first-order valence-electron chi connectivity index (χ1n) is 6.75. The molecular weight excluding hydrogens is 240 g/mol. The van der Waals surface area contributed by atoms with Crippen molar-refractivity contribution in [3.05, 3.63) is 30.3 Å². The van der Waals surface area contributed by atoms with E-state index in [-0.39, 0.29) is 24.6 Å². The lowest BCUT2D eigenvalue weighted by Crippen LogP contribution is -2.46. The molecule has 0 aliphatic rings. The van der Waals surface area contributed by atoms with Gasteiger partial charge in [0.2, 0.25) is 5.91 Å². The van der Waals surface area contributed by atoms with Crippen molar-refractivity contribution in [1.29, 1.82) is 0 Å². The molecule has 0 fully saturated rings. The fourth-order valence-electron chi connectivity index (χ4n) is 1.97. The van der Waals surface area contributed by atoms with Crippen LogP contribution in [0.2, 0.25) is 0 Å². The van der Waals surface area contributed by atoms with Crippen LogP contribution in [0.25, 0.3) is 0 Å². The SMILES string of the molecule is CC(C)CC(CO)NC(C)C(=O)Nc1ccccc1. The van der Waals surface area contributed by atoms with E-state index in [4.69, 9.17) is 0 Å². The Morgan fingerprint density at radius 3 is 2.37 bits per heavy atom. The van der Waals surface area contributed by atoms with Gasteiger partial charge in [-0.3, -0.25) is 4.79 Å². The molecule has 1 aromatic rings. The van der Waals surface area contributed by atoms with Crippen molar-refractivity contribution in [2.45, 2.75) is 39.3 Å². The number of carbonyl (C=O) groups is 1. The summed E-state index contributed by atoms with van der Waals surface area (Å²) in [6, 6.07) is 8.98. The van der Waals surface area contributed by atoms with Crippen LogP contribution in [-0.2, 0) is 4.79 Å². The second kappa shape index (κ2) is 7.92. The molecule has 2 atom stereocenters. The minimum atomic E-state index is -0.337. The Hall–Kier alpha value is -1.39. The van der Waals surface area contributed by atoms with E-state index in [0.29, 0.717) is 5.92 Å². The summed E-state index contributed by atoms with van der Waals surface area (Å²) >= 11 is 0. The Balaban J connectivity index is 2.48. The predicted molar refractivity (Wildman–Crippen MR) is 78.0 cm³/mol. The molecule has 0 saturated heterocycles. The third kappa shape index (κ3) is 5.85. The van der Waals surface area contributed by atoms with Gasteiger partial charge in [0.05, 0.1) is 12.6 Å². The molecule has 3 N–H and O–H groups in total. The first-order chi connectivity index (χ1) is 9.02. The molecule has 106 valence electrons. The molecule has 0 spiro atoms. The Morgan fingerprint density at radius 2 is 1.84 bits per heavy atom. The highest BCUT2D eigenvalue weighted by molar-refractivity contribution is 5.94. The van der Waals surface area contributed by atoms with Gasteiger partial charge < -0.3 is 15.7 Å². The molecule has 0 aliphatic carbocycles. The van der Waals surface area contributed by atoms with Crippen LogP contribution < -0.4 is 10.6 Å². The number of nitrogens with one attached hydrogen (secondary N) is 2. The molecule has 4 heteroatoms. The van der Waals surface area contributed by atoms with Gasteiger partial charge in [-0.2, -0.15) is 0 Å². The zero-order chi connectivity index (χ0) is 14.3. The standard InChI is InChI=1S/C15H24N2O2/c1-11(2)9-14(10-18)16-12(3)15(19)17-13-7-5-4-6-8-13/h4-8,11-12,14,16,18H,9-10H2,1-3H3,(H,17,19). The zero-order valence-corrected chi connectivity index (χ0v) is 11.9. The molecule has 0 saturated carbocycles. The largest absolute Gasteiger partial charge is 0.395 e. The van der Waals surface area contributed by atoms with Gasteiger partial charge in [0, 0.05) is 11.7 Å². The molecule has 1 amide bonds. The van der Waals surface area contributed by atoms with E-state index in [0.717, 1.165) is 12.1 Å². The summed E-state index contributed by atoms with van der Waals surface area (Å²) in [6.45, 7) is 6.04. The van der Waals surface area contributed by atoms with Gasteiger partial charge in [0.15, 0.2) is 0 Å². The van der Waals surface area contributed by atoms with Crippen LogP contribution in [0.4, 0.5) is 5.69 Å². The van der Waals surface area contributed by atoms with Crippen LogP contribution >= 0.6 is 0 Å². The van der Waals surface area contributed by atoms with Crippen molar-refractivity contribution < 1.29 is 9.90 Å². The zero-order valence-electron chi connectivity index (χ0n) is 11.9. The average Bonchev–Trinajstić information content (AvgIpc) is 2.38. The number of aliphatic hydroxyl groups excluding tert-OH is 1. The number of rotatable bonds is 7. The van der Waals surface area contributed by atoms with Crippen LogP contribution in [0.15, 0.2) is 30.3 Å². The monoisotopic (exact) mass is 264 g/mol. The lowest BCUT2D eigenvalue weighted by atomic mass is 10.0. The first-order valence-corrected chi connectivity index (χ1v) is 6.75. The van der Waals surface area contributed by atoms with Crippen molar-refractivity contribution in [3.63, 3.8) is 0 Å². The summed E-state index contributed by atoms with van der Waals surface area (Å²) in [6.07, 6.45) is 0.847. The normalized spacial score (nSPS) is 14.2. The quantitative estimate of drug-likeness (QED) is 0.706. The first kappa shape index (κ1) is 15.7. The summed E-state index contributed by atoms with van der Waals surface area (Å²) in [5.41, 5.74) is 0.783. The number of benzene rings is 1. The maximum atomic E-state index is 12.0. The highest BCUT2D eigenvalue weighted by Crippen LogP contribution is 2.08. The molecule has 1 rings (SSSR count). The molecule has 0 bridgehead atoms. The fraction of sp³-hybridized carbons (Fsp3) is 0.533. The minimum Gasteiger partial charge on any atom is -0.395 e. The maximum Gasteiger partial charge on any atom is 0.241 e. The number of carbonyl (C=O) groups excluding carboxylic acids is 1. The number of aliphatic hydroxyl groups is 1. The molecule has 19 heavy (non-hydrogen) atoms. The Bertz CT molecular complexity index is 379. The van der Waals surface area contributed by atoms with Gasteiger partial charge in [-0.15, -0.1) is 0 Å². The van der Waals surface area contributed by atoms with Crippen molar-refractivity contribution in [3.8, 4) is 0 Å². The van der Waals surface area contributed by atoms with Crippen LogP contribution in [0.1, 0.15) is 27.2 Å². The summed E-state index contributed by atoms with van der Waals surface area (Å²) < 4.78 is 0. The maximum absolute atomic E-state index is 12.0. The van der Waals surface area contributed by atoms with Gasteiger partial charge in [0.1, 0.15) is 0 Å². The van der Waals surface area contributed by atoms with E-state index >= 15 is 0 Å². The smallest absolute Gasteiger partial charge is 0.241 e. The number of hydrogen-bond acceptors (Lipinski definition) is 3. The van der Waals surface area contributed by atoms with Crippen LogP contribution in [0.3, 0.4) is 0 Å². The third-order valence-electron chi connectivity index (χ3n) is 2.90.